The predicted octanol–water partition coefficient (Wildman–Crippen LogP) is -0.732. The van der Waals surface area contributed by atoms with Gasteiger partial charge in [-0.1, -0.05) is 0 Å². The number of aliphatic hydroxyl groups excluding tert-OH is 1. The molecule has 0 spiro atoms. The average molecular weight is 239 g/mol. The molecule has 7 heteroatoms. The molecule has 0 aliphatic carbocycles. The summed E-state index contributed by atoms with van der Waals surface area (Å²) < 4.78 is 5.33. The number of aliphatic hydroxyl groups is 1. The third-order valence-electron chi connectivity index (χ3n) is 2.70. The van der Waals surface area contributed by atoms with Crippen LogP contribution in [0.2, 0.25) is 0 Å². The molecule has 0 bridgehead atoms. The summed E-state index contributed by atoms with van der Waals surface area (Å²) in [6, 6.07) is 1.80. The van der Waals surface area contributed by atoms with E-state index >= 15 is 0 Å². The Hall–Kier alpha value is -1.44. The van der Waals surface area contributed by atoms with Crippen molar-refractivity contribution in [2.24, 2.45) is 5.84 Å². The molecule has 0 radical (unpaired) electrons. The molecule has 94 valence electrons. The molecule has 2 heterocycles. The Kier molecular flexibility index (Phi) is 3.72. The van der Waals surface area contributed by atoms with Crippen LogP contribution in [0.5, 0.6) is 0 Å². The Labute approximate surface area is 99.6 Å². The van der Waals surface area contributed by atoms with Gasteiger partial charge >= 0.3 is 0 Å². The van der Waals surface area contributed by atoms with E-state index in [0.717, 1.165) is 11.5 Å². The summed E-state index contributed by atoms with van der Waals surface area (Å²) in [5, 5.41) is 9.31. The fraction of sp³-hybridized carbons (Fsp3) is 0.600. The number of hydrazine groups is 1. The minimum atomic E-state index is -0.0660. The molecule has 1 aliphatic rings. The van der Waals surface area contributed by atoms with Crippen LogP contribution < -0.4 is 16.2 Å². The Morgan fingerprint density at radius 3 is 3.18 bits per heavy atom. The number of aryl methyl sites for hydroxylation is 1. The van der Waals surface area contributed by atoms with Gasteiger partial charge in [-0.2, -0.15) is 4.98 Å². The van der Waals surface area contributed by atoms with Crippen LogP contribution in [0.25, 0.3) is 0 Å². The standard InChI is InChI=1S/C10H17N5O2/c1-7-4-9(13-10(12-7)14-11)15-2-3-17-6-8(15)5-16/h4,8,16H,2-3,5-6,11H2,1H3,(H,12,13,14). The van der Waals surface area contributed by atoms with Crippen LogP contribution in [0.3, 0.4) is 0 Å². The quantitative estimate of drug-likeness (QED) is 0.472. The first-order valence-electron chi connectivity index (χ1n) is 5.52. The maximum Gasteiger partial charge on any atom is 0.239 e. The van der Waals surface area contributed by atoms with E-state index in [1.54, 1.807) is 0 Å². The highest BCUT2D eigenvalue weighted by Gasteiger charge is 2.24. The zero-order chi connectivity index (χ0) is 12.3. The van der Waals surface area contributed by atoms with Crippen molar-refractivity contribution in [2.45, 2.75) is 13.0 Å². The smallest absolute Gasteiger partial charge is 0.239 e. The highest BCUT2D eigenvalue weighted by molar-refractivity contribution is 5.45. The van der Waals surface area contributed by atoms with Crippen molar-refractivity contribution in [3.8, 4) is 0 Å². The molecule has 1 saturated heterocycles. The number of rotatable bonds is 3. The highest BCUT2D eigenvalue weighted by Crippen LogP contribution is 2.19. The summed E-state index contributed by atoms with van der Waals surface area (Å²) in [6.45, 7) is 3.75. The summed E-state index contributed by atoms with van der Waals surface area (Å²) in [7, 11) is 0. The van der Waals surface area contributed by atoms with Crippen LogP contribution in [0.15, 0.2) is 6.07 Å². The number of hydrogen-bond acceptors (Lipinski definition) is 7. The second-order valence-corrected chi connectivity index (χ2v) is 3.94. The summed E-state index contributed by atoms with van der Waals surface area (Å²) >= 11 is 0. The van der Waals surface area contributed by atoms with Gasteiger partial charge in [-0.3, -0.25) is 5.43 Å². The van der Waals surface area contributed by atoms with E-state index < -0.39 is 0 Å². The van der Waals surface area contributed by atoms with Gasteiger partial charge in [0.1, 0.15) is 5.82 Å². The maximum atomic E-state index is 9.31. The topological polar surface area (TPSA) is 96.5 Å². The van der Waals surface area contributed by atoms with Crippen LogP contribution in [0, 0.1) is 6.92 Å². The van der Waals surface area contributed by atoms with E-state index in [2.05, 4.69) is 15.4 Å². The summed E-state index contributed by atoms with van der Waals surface area (Å²) in [4.78, 5) is 10.4. The van der Waals surface area contributed by atoms with Crippen molar-refractivity contribution in [1.82, 2.24) is 9.97 Å². The molecule has 2 rings (SSSR count). The van der Waals surface area contributed by atoms with E-state index in [1.807, 2.05) is 17.9 Å². The van der Waals surface area contributed by atoms with Gasteiger partial charge in [0.25, 0.3) is 0 Å². The predicted molar refractivity (Wildman–Crippen MR) is 63.6 cm³/mol. The lowest BCUT2D eigenvalue weighted by Crippen LogP contribution is -2.48. The molecule has 1 aromatic heterocycles. The fourth-order valence-electron chi connectivity index (χ4n) is 1.87. The number of nitrogens with one attached hydrogen (secondary N) is 1. The summed E-state index contributed by atoms with van der Waals surface area (Å²) in [6.07, 6.45) is 0. The molecule has 0 saturated carbocycles. The lowest BCUT2D eigenvalue weighted by atomic mass is 10.2. The van der Waals surface area contributed by atoms with Gasteiger partial charge in [0, 0.05) is 18.3 Å². The van der Waals surface area contributed by atoms with Gasteiger partial charge in [-0.05, 0) is 6.92 Å². The van der Waals surface area contributed by atoms with E-state index in [-0.39, 0.29) is 12.6 Å². The molecular weight excluding hydrogens is 222 g/mol. The molecule has 7 nitrogen and oxygen atoms in total. The van der Waals surface area contributed by atoms with Gasteiger partial charge < -0.3 is 14.7 Å². The number of hydrogen-bond donors (Lipinski definition) is 3. The van der Waals surface area contributed by atoms with Crippen molar-refractivity contribution in [2.75, 3.05) is 36.7 Å². The van der Waals surface area contributed by atoms with Gasteiger partial charge in [0.15, 0.2) is 0 Å². The first-order valence-corrected chi connectivity index (χ1v) is 5.52. The maximum absolute atomic E-state index is 9.31. The number of morpholine rings is 1. The second kappa shape index (κ2) is 5.26. The number of nitrogens with zero attached hydrogens (tertiary/aromatic N) is 3. The van der Waals surface area contributed by atoms with E-state index in [1.165, 1.54) is 0 Å². The molecule has 1 unspecified atom stereocenters. The fourth-order valence-corrected chi connectivity index (χ4v) is 1.87. The molecule has 4 N–H and O–H groups in total. The number of anilines is 2. The molecule has 0 aromatic carbocycles. The monoisotopic (exact) mass is 239 g/mol. The van der Waals surface area contributed by atoms with Crippen LogP contribution in [-0.4, -0.2) is 47.5 Å². The van der Waals surface area contributed by atoms with Crippen molar-refractivity contribution >= 4 is 11.8 Å². The largest absolute Gasteiger partial charge is 0.394 e. The number of aromatic nitrogens is 2. The molecule has 1 atom stereocenters. The Balaban J connectivity index is 2.27. The van der Waals surface area contributed by atoms with E-state index in [4.69, 9.17) is 10.6 Å². The van der Waals surface area contributed by atoms with Crippen LogP contribution in [0.4, 0.5) is 11.8 Å². The van der Waals surface area contributed by atoms with E-state index in [9.17, 15) is 5.11 Å². The highest BCUT2D eigenvalue weighted by atomic mass is 16.5. The molecule has 1 aliphatic heterocycles. The van der Waals surface area contributed by atoms with Crippen LogP contribution >= 0.6 is 0 Å². The van der Waals surface area contributed by atoms with Gasteiger partial charge in [-0.15, -0.1) is 0 Å². The number of nitrogen functional groups attached to an aromatic ring is 1. The first kappa shape index (κ1) is 12.0. The Morgan fingerprint density at radius 2 is 2.47 bits per heavy atom. The summed E-state index contributed by atoms with van der Waals surface area (Å²) in [5.74, 6) is 6.45. The minimum absolute atomic E-state index is 0.0361. The van der Waals surface area contributed by atoms with Crippen LogP contribution in [-0.2, 0) is 4.74 Å². The molecule has 17 heavy (non-hydrogen) atoms. The first-order chi connectivity index (χ1) is 8.24. The van der Waals surface area contributed by atoms with E-state index in [0.29, 0.717) is 25.7 Å². The molecular formula is C10H17N5O2. The molecule has 1 aromatic rings. The average Bonchev–Trinajstić information content (AvgIpc) is 2.37. The third kappa shape index (κ3) is 2.63. The SMILES string of the molecule is Cc1cc(N2CCOCC2CO)nc(NN)n1. The third-order valence-corrected chi connectivity index (χ3v) is 2.70. The van der Waals surface area contributed by atoms with Gasteiger partial charge in [-0.25, -0.2) is 10.8 Å². The van der Waals surface area contributed by atoms with Crippen molar-refractivity contribution < 1.29 is 9.84 Å². The normalized spacial score (nSPS) is 20.4. The summed E-state index contributed by atoms with van der Waals surface area (Å²) in [5.41, 5.74) is 3.26. The number of nitrogens with two attached hydrogens (primary N) is 1. The minimum Gasteiger partial charge on any atom is -0.394 e. The lowest BCUT2D eigenvalue weighted by molar-refractivity contribution is 0.0723. The van der Waals surface area contributed by atoms with Crippen molar-refractivity contribution in [1.29, 1.82) is 0 Å². The Bertz CT molecular complexity index is 387. The van der Waals surface area contributed by atoms with Crippen molar-refractivity contribution in [3.63, 3.8) is 0 Å². The number of ether oxygens (including phenoxy) is 1. The zero-order valence-corrected chi connectivity index (χ0v) is 9.76. The van der Waals surface area contributed by atoms with Gasteiger partial charge in [0.05, 0.1) is 25.9 Å². The Morgan fingerprint density at radius 1 is 1.65 bits per heavy atom. The lowest BCUT2D eigenvalue weighted by Gasteiger charge is -2.35. The van der Waals surface area contributed by atoms with Crippen molar-refractivity contribution in [3.05, 3.63) is 11.8 Å². The van der Waals surface area contributed by atoms with Crippen LogP contribution in [0.1, 0.15) is 5.69 Å². The second-order valence-electron chi connectivity index (χ2n) is 3.94. The van der Waals surface area contributed by atoms with Gasteiger partial charge in [0.2, 0.25) is 5.95 Å². The molecule has 1 fully saturated rings. The molecule has 0 amide bonds. The zero-order valence-electron chi connectivity index (χ0n) is 9.76.